The van der Waals surface area contributed by atoms with Gasteiger partial charge in [-0.15, -0.1) is 0 Å². The van der Waals surface area contributed by atoms with Gasteiger partial charge in [0.05, 0.1) is 0 Å². The van der Waals surface area contributed by atoms with Crippen molar-refractivity contribution < 1.29 is 19.1 Å². The van der Waals surface area contributed by atoms with Gasteiger partial charge in [0.15, 0.2) is 0 Å². The number of nitrogens with zero attached hydrogens (tertiary/aromatic N) is 1. The number of aryl methyl sites for hydroxylation is 2. The van der Waals surface area contributed by atoms with E-state index in [2.05, 4.69) is 10.6 Å². The predicted octanol–water partition coefficient (Wildman–Crippen LogP) is 1.21. The maximum absolute atomic E-state index is 12.6. The number of urea groups is 1. The first-order valence-corrected chi connectivity index (χ1v) is 8.71. The molecule has 0 bridgehead atoms. The largest absolute Gasteiger partial charge is 0.381 e. The predicted molar refractivity (Wildman–Crippen MR) is 90.1 cm³/mol. The van der Waals surface area contributed by atoms with Crippen molar-refractivity contribution in [2.45, 2.75) is 37.6 Å². The van der Waals surface area contributed by atoms with E-state index in [1.54, 1.807) is 0 Å². The van der Waals surface area contributed by atoms with Crippen molar-refractivity contribution in [3.8, 4) is 0 Å². The lowest BCUT2D eigenvalue weighted by Gasteiger charge is -2.30. The summed E-state index contributed by atoms with van der Waals surface area (Å²) in [4.78, 5) is 38.1. The number of ether oxygens (including phenoxy) is 1. The van der Waals surface area contributed by atoms with Gasteiger partial charge in [0.2, 0.25) is 5.91 Å². The van der Waals surface area contributed by atoms with Gasteiger partial charge in [-0.25, -0.2) is 4.79 Å². The number of imide groups is 1. The van der Waals surface area contributed by atoms with Gasteiger partial charge >= 0.3 is 6.03 Å². The number of anilines is 1. The molecule has 2 fully saturated rings. The lowest BCUT2D eigenvalue weighted by Crippen LogP contribution is -2.51. The highest BCUT2D eigenvalue weighted by molar-refractivity contribution is 6.10. The van der Waals surface area contributed by atoms with Crippen molar-refractivity contribution in [2.75, 3.05) is 25.1 Å². The molecule has 1 aromatic rings. The van der Waals surface area contributed by atoms with E-state index < -0.39 is 11.6 Å². The number of fused-ring (bicyclic) bond motifs is 1. The third-order valence-electron chi connectivity index (χ3n) is 5.28. The van der Waals surface area contributed by atoms with Crippen molar-refractivity contribution in [1.29, 1.82) is 0 Å². The Balaban J connectivity index is 1.42. The maximum atomic E-state index is 12.6. The lowest BCUT2D eigenvalue weighted by atomic mass is 9.90. The van der Waals surface area contributed by atoms with Gasteiger partial charge in [0.1, 0.15) is 12.1 Å². The molecule has 2 N–H and O–H groups in total. The zero-order valence-corrected chi connectivity index (χ0v) is 14.0. The van der Waals surface area contributed by atoms with E-state index in [0.717, 1.165) is 24.2 Å². The molecule has 2 aliphatic heterocycles. The number of hydrogen-bond acceptors (Lipinski definition) is 4. The maximum Gasteiger partial charge on any atom is 0.325 e. The van der Waals surface area contributed by atoms with E-state index >= 15 is 0 Å². The number of benzene rings is 1. The number of carbonyl (C=O) groups is 3. The molecule has 0 unspecified atom stereocenters. The number of rotatable bonds is 3. The fraction of sp³-hybridized carbons (Fsp3) is 0.500. The topological polar surface area (TPSA) is 87.7 Å². The molecule has 1 aromatic carbocycles. The Kier molecular flexibility index (Phi) is 3.95. The van der Waals surface area contributed by atoms with Crippen molar-refractivity contribution in [3.63, 3.8) is 0 Å². The standard InChI is InChI=1S/C18H21N3O4/c22-15(19-14-5-4-12-2-1-3-13(12)10-14)11-21-16(23)18(20-17(21)24)6-8-25-9-7-18/h4-5,10H,1-3,6-9,11H2,(H,19,22)(H,20,24). The molecule has 0 atom stereocenters. The van der Waals surface area contributed by atoms with Crippen LogP contribution >= 0.6 is 0 Å². The van der Waals surface area contributed by atoms with E-state index in [9.17, 15) is 14.4 Å². The second kappa shape index (κ2) is 6.15. The van der Waals surface area contributed by atoms with Crippen molar-refractivity contribution >= 4 is 23.5 Å². The van der Waals surface area contributed by atoms with E-state index in [-0.39, 0.29) is 18.4 Å². The summed E-state index contributed by atoms with van der Waals surface area (Å²) in [5.74, 6) is -0.699. The fourth-order valence-electron chi connectivity index (χ4n) is 3.87. The molecule has 3 aliphatic rings. The zero-order chi connectivity index (χ0) is 17.4. The molecule has 0 aromatic heterocycles. The lowest BCUT2D eigenvalue weighted by molar-refractivity contribution is -0.136. The minimum atomic E-state index is -0.900. The SMILES string of the molecule is O=C(CN1C(=O)NC2(CCOCC2)C1=O)Nc1ccc2c(c1)CCC2. The van der Waals surface area contributed by atoms with E-state index in [4.69, 9.17) is 4.74 Å². The Hall–Kier alpha value is -2.41. The molecule has 1 spiro atoms. The molecule has 4 rings (SSSR count). The Labute approximate surface area is 145 Å². The molecule has 0 radical (unpaired) electrons. The van der Waals surface area contributed by atoms with Crippen LogP contribution in [0.4, 0.5) is 10.5 Å². The molecule has 1 aliphatic carbocycles. The fourth-order valence-corrected chi connectivity index (χ4v) is 3.87. The second-order valence-corrected chi connectivity index (χ2v) is 6.90. The molecule has 0 saturated carbocycles. The third-order valence-corrected chi connectivity index (χ3v) is 5.28. The van der Waals surface area contributed by atoms with Crippen LogP contribution in [0, 0.1) is 0 Å². The smallest absolute Gasteiger partial charge is 0.325 e. The third kappa shape index (κ3) is 2.89. The first-order valence-electron chi connectivity index (χ1n) is 8.71. The number of carbonyl (C=O) groups excluding carboxylic acids is 3. The van der Waals surface area contributed by atoms with Crippen LogP contribution in [-0.4, -0.2) is 48.0 Å². The van der Waals surface area contributed by atoms with Gasteiger partial charge in [-0.1, -0.05) is 6.07 Å². The quantitative estimate of drug-likeness (QED) is 0.808. The summed E-state index contributed by atoms with van der Waals surface area (Å²) < 4.78 is 5.27. The monoisotopic (exact) mass is 343 g/mol. The molecule has 4 amide bonds. The first kappa shape index (κ1) is 16.1. The molecule has 132 valence electrons. The second-order valence-electron chi connectivity index (χ2n) is 6.90. The van der Waals surface area contributed by atoms with Crippen LogP contribution in [0.5, 0.6) is 0 Å². The number of amides is 4. The highest BCUT2D eigenvalue weighted by Gasteiger charge is 2.52. The normalized spacial score (nSPS) is 21.4. The van der Waals surface area contributed by atoms with Crippen LogP contribution < -0.4 is 10.6 Å². The molecule has 25 heavy (non-hydrogen) atoms. The molecule has 2 heterocycles. The van der Waals surface area contributed by atoms with Gasteiger partial charge in [0, 0.05) is 31.7 Å². The van der Waals surface area contributed by atoms with E-state index in [0.29, 0.717) is 31.7 Å². The zero-order valence-electron chi connectivity index (χ0n) is 14.0. The van der Waals surface area contributed by atoms with Gasteiger partial charge in [-0.3, -0.25) is 14.5 Å². The number of hydrogen-bond donors (Lipinski definition) is 2. The van der Waals surface area contributed by atoms with Crippen LogP contribution in [0.1, 0.15) is 30.4 Å². The minimum Gasteiger partial charge on any atom is -0.381 e. The minimum absolute atomic E-state index is 0.273. The van der Waals surface area contributed by atoms with E-state index in [1.807, 2.05) is 18.2 Å². The Morgan fingerprint density at radius 2 is 1.96 bits per heavy atom. The molecule has 2 saturated heterocycles. The first-order chi connectivity index (χ1) is 12.1. The van der Waals surface area contributed by atoms with E-state index in [1.165, 1.54) is 11.1 Å². The number of nitrogens with one attached hydrogen (secondary N) is 2. The van der Waals surface area contributed by atoms with Gasteiger partial charge in [0.25, 0.3) is 5.91 Å². The van der Waals surface area contributed by atoms with Gasteiger partial charge < -0.3 is 15.4 Å². The Bertz CT molecular complexity index is 740. The Morgan fingerprint density at radius 1 is 1.20 bits per heavy atom. The summed E-state index contributed by atoms with van der Waals surface area (Å²) in [5.41, 5.74) is 2.39. The summed E-state index contributed by atoms with van der Waals surface area (Å²) in [7, 11) is 0. The van der Waals surface area contributed by atoms with Crippen LogP contribution in [0.25, 0.3) is 0 Å². The average molecular weight is 343 g/mol. The average Bonchev–Trinajstić information content (AvgIpc) is 3.14. The van der Waals surface area contributed by atoms with Crippen LogP contribution in [0.2, 0.25) is 0 Å². The van der Waals surface area contributed by atoms with Crippen molar-refractivity contribution in [3.05, 3.63) is 29.3 Å². The highest BCUT2D eigenvalue weighted by atomic mass is 16.5. The summed E-state index contributed by atoms with van der Waals surface area (Å²) in [6.45, 7) is 0.590. The molecular formula is C18H21N3O4. The van der Waals surface area contributed by atoms with Crippen LogP contribution in [-0.2, 0) is 27.2 Å². The Morgan fingerprint density at radius 3 is 2.76 bits per heavy atom. The summed E-state index contributed by atoms with van der Waals surface area (Å²) in [6, 6.07) is 5.37. The molecule has 7 heteroatoms. The summed E-state index contributed by atoms with van der Waals surface area (Å²) in [5, 5.41) is 5.54. The highest BCUT2D eigenvalue weighted by Crippen LogP contribution is 2.28. The molecular weight excluding hydrogens is 322 g/mol. The van der Waals surface area contributed by atoms with Crippen molar-refractivity contribution in [2.24, 2.45) is 0 Å². The summed E-state index contributed by atoms with van der Waals surface area (Å²) in [6.07, 6.45) is 4.14. The van der Waals surface area contributed by atoms with Crippen molar-refractivity contribution in [1.82, 2.24) is 10.2 Å². The molecule has 7 nitrogen and oxygen atoms in total. The van der Waals surface area contributed by atoms with Crippen LogP contribution in [0.15, 0.2) is 18.2 Å². The van der Waals surface area contributed by atoms with Gasteiger partial charge in [-0.2, -0.15) is 0 Å². The summed E-state index contributed by atoms with van der Waals surface area (Å²) >= 11 is 0. The van der Waals surface area contributed by atoms with Gasteiger partial charge in [-0.05, 0) is 42.5 Å². The van der Waals surface area contributed by atoms with Crippen LogP contribution in [0.3, 0.4) is 0 Å².